The molecule has 2 heterocycles. The molecule has 0 saturated heterocycles. The molecule has 2 aromatic heterocycles. The van der Waals surface area contributed by atoms with Gasteiger partial charge in [-0.15, -0.1) is 0 Å². The van der Waals surface area contributed by atoms with Crippen LogP contribution in [0, 0.1) is 5.82 Å². The number of fused-ring (bicyclic) bond motifs is 1. The van der Waals surface area contributed by atoms with Crippen LogP contribution >= 0.6 is 15.9 Å². The monoisotopic (exact) mass is 537 g/mol. The Morgan fingerprint density at radius 3 is 2.74 bits per heavy atom. The molecule has 1 amide bonds. The first-order valence-electron chi connectivity index (χ1n) is 10.4. The second kappa shape index (κ2) is 10.7. The molecule has 3 aromatic rings. The van der Waals surface area contributed by atoms with E-state index in [4.69, 9.17) is 14.2 Å². The molecule has 0 unspecified atom stereocenters. The van der Waals surface area contributed by atoms with E-state index in [1.54, 1.807) is 40.0 Å². The van der Waals surface area contributed by atoms with Gasteiger partial charge in [0.25, 0.3) is 0 Å². The molecule has 0 atom stereocenters. The summed E-state index contributed by atoms with van der Waals surface area (Å²) in [5.74, 6) is -0.413. The maximum Gasteiger partial charge on any atom is 0.407 e. The Morgan fingerprint density at radius 1 is 1.26 bits per heavy atom. The van der Waals surface area contributed by atoms with E-state index < -0.39 is 23.5 Å². The smallest absolute Gasteiger partial charge is 0.407 e. The fraction of sp³-hybridized carbons (Fsp3) is 0.364. The zero-order valence-corrected chi connectivity index (χ0v) is 20.7. The molecular formula is C22H25BrFN5O5. The van der Waals surface area contributed by atoms with Gasteiger partial charge in [0.2, 0.25) is 0 Å². The van der Waals surface area contributed by atoms with E-state index in [1.165, 1.54) is 22.8 Å². The van der Waals surface area contributed by atoms with Crippen LogP contribution in [0.4, 0.5) is 20.7 Å². The van der Waals surface area contributed by atoms with Gasteiger partial charge >= 0.3 is 12.1 Å². The average molecular weight is 538 g/mol. The third-order valence-corrected chi connectivity index (χ3v) is 4.74. The molecule has 2 N–H and O–H groups in total. The van der Waals surface area contributed by atoms with Crippen molar-refractivity contribution in [1.82, 2.24) is 19.9 Å². The maximum atomic E-state index is 14.1. The predicted molar refractivity (Wildman–Crippen MR) is 126 cm³/mol. The lowest BCUT2D eigenvalue weighted by Crippen LogP contribution is -2.34. The van der Waals surface area contributed by atoms with Crippen LogP contribution in [0.5, 0.6) is 5.75 Å². The van der Waals surface area contributed by atoms with Crippen molar-refractivity contribution in [1.29, 1.82) is 0 Å². The highest BCUT2D eigenvalue weighted by Crippen LogP contribution is 2.36. The average Bonchev–Trinajstić information content (AvgIpc) is 3.15. The lowest BCUT2D eigenvalue weighted by Gasteiger charge is -2.20. The maximum absolute atomic E-state index is 14.1. The van der Waals surface area contributed by atoms with E-state index in [0.717, 1.165) is 0 Å². The van der Waals surface area contributed by atoms with E-state index in [-0.39, 0.29) is 36.7 Å². The standard InChI is InChI=1S/C22H25BrFN5O5/c1-5-32-20(30)14-12-26-29-8-6-17(28-19(14)29)27-16-11-13(24)10-15(23)18(16)33-9-7-25-21(31)34-22(2,3)4/h6,8,10-12H,5,7,9H2,1-4H3,(H,25,31)(H,27,28). The lowest BCUT2D eigenvalue weighted by atomic mass is 10.2. The Labute approximate surface area is 203 Å². The SMILES string of the molecule is CCOC(=O)c1cnn2ccc(Nc3cc(F)cc(Br)c3OCCNC(=O)OC(C)(C)C)nc12. The molecule has 0 fully saturated rings. The van der Waals surface area contributed by atoms with Gasteiger partial charge in [-0.2, -0.15) is 5.10 Å². The largest absolute Gasteiger partial charge is 0.488 e. The molecule has 0 bridgehead atoms. The first-order valence-corrected chi connectivity index (χ1v) is 11.2. The highest BCUT2D eigenvalue weighted by molar-refractivity contribution is 9.10. The summed E-state index contributed by atoms with van der Waals surface area (Å²) >= 11 is 3.30. The molecule has 182 valence electrons. The molecule has 0 saturated carbocycles. The van der Waals surface area contributed by atoms with E-state index >= 15 is 0 Å². The van der Waals surface area contributed by atoms with Gasteiger partial charge in [-0.1, -0.05) is 0 Å². The number of ether oxygens (including phenoxy) is 3. The van der Waals surface area contributed by atoms with Crippen molar-refractivity contribution >= 4 is 45.1 Å². The fourth-order valence-electron chi connectivity index (χ4n) is 2.85. The molecule has 10 nitrogen and oxygen atoms in total. The quantitative estimate of drug-likeness (QED) is 0.319. The van der Waals surface area contributed by atoms with Crippen molar-refractivity contribution in [2.45, 2.75) is 33.3 Å². The van der Waals surface area contributed by atoms with Gasteiger partial charge in [0, 0.05) is 12.3 Å². The minimum absolute atomic E-state index is 0.0975. The van der Waals surface area contributed by atoms with Crippen LogP contribution in [0.15, 0.2) is 35.1 Å². The first-order chi connectivity index (χ1) is 16.1. The summed E-state index contributed by atoms with van der Waals surface area (Å²) in [6.45, 7) is 7.48. The number of hydrogen-bond acceptors (Lipinski definition) is 8. The van der Waals surface area contributed by atoms with Gasteiger partial charge in [-0.25, -0.2) is 23.5 Å². The lowest BCUT2D eigenvalue weighted by molar-refractivity contribution is 0.0513. The van der Waals surface area contributed by atoms with Crippen molar-refractivity contribution in [3.05, 3.63) is 46.4 Å². The molecule has 12 heteroatoms. The number of carbonyl (C=O) groups excluding carboxylic acids is 2. The zero-order chi connectivity index (χ0) is 24.9. The highest BCUT2D eigenvalue weighted by atomic mass is 79.9. The molecule has 34 heavy (non-hydrogen) atoms. The summed E-state index contributed by atoms with van der Waals surface area (Å²) < 4.78 is 31.9. The second-order valence-corrected chi connectivity index (χ2v) is 8.88. The number of halogens is 2. The van der Waals surface area contributed by atoms with Crippen molar-refractivity contribution in [3.63, 3.8) is 0 Å². The van der Waals surface area contributed by atoms with Gasteiger partial charge in [-0.05, 0) is 55.8 Å². The van der Waals surface area contributed by atoms with Gasteiger partial charge in [0.1, 0.15) is 29.4 Å². The number of aromatic nitrogens is 3. The first kappa shape index (κ1) is 25.2. The molecule has 1 aromatic carbocycles. The predicted octanol–water partition coefficient (Wildman–Crippen LogP) is 4.45. The summed E-state index contributed by atoms with van der Waals surface area (Å²) in [7, 11) is 0. The number of nitrogens with one attached hydrogen (secondary N) is 2. The number of carbonyl (C=O) groups is 2. The van der Waals surface area contributed by atoms with E-state index in [2.05, 4.69) is 36.6 Å². The van der Waals surface area contributed by atoms with Gasteiger partial charge in [0.05, 0.1) is 29.5 Å². The third kappa shape index (κ3) is 6.56. The second-order valence-electron chi connectivity index (χ2n) is 8.03. The topological polar surface area (TPSA) is 116 Å². The molecule has 3 rings (SSSR count). The number of nitrogens with zero attached hydrogens (tertiary/aromatic N) is 3. The molecular weight excluding hydrogens is 513 g/mol. The van der Waals surface area contributed by atoms with Crippen LogP contribution in [0.25, 0.3) is 5.65 Å². The molecule has 0 radical (unpaired) electrons. The summed E-state index contributed by atoms with van der Waals surface area (Å²) in [5, 5.41) is 9.69. The van der Waals surface area contributed by atoms with Crippen LogP contribution < -0.4 is 15.4 Å². The number of hydrogen-bond donors (Lipinski definition) is 2. The number of esters is 1. The molecule has 0 aliphatic heterocycles. The molecule has 0 spiro atoms. The minimum atomic E-state index is -0.612. The fourth-order valence-corrected chi connectivity index (χ4v) is 3.40. The van der Waals surface area contributed by atoms with Gasteiger partial charge in [0.15, 0.2) is 11.4 Å². The Morgan fingerprint density at radius 2 is 2.03 bits per heavy atom. The number of alkyl carbamates (subject to hydrolysis) is 1. The van der Waals surface area contributed by atoms with Crippen molar-refractivity contribution in [2.24, 2.45) is 0 Å². The Bertz CT molecular complexity index is 1190. The summed E-state index contributed by atoms with van der Waals surface area (Å²) in [4.78, 5) is 28.3. The third-order valence-electron chi connectivity index (χ3n) is 4.15. The van der Waals surface area contributed by atoms with Crippen LogP contribution in [-0.4, -0.2) is 52.0 Å². The van der Waals surface area contributed by atoms with E-state index in [0.29, 0.717) is 16.0 Å². The molecule has 0 aliphatic carbocycles. The Balaban J connectivity index is 1.76. The van der Waals surface area contributed by atoms with Crippen molar-refractivity contribution in [3.8, 4) is 5.75 Å². The van der Waals surface area contributed by atoms with E-state index in [1.807, 2.05) is 0 Å². The van der Waals surface area contributed by atoms with E-state index in [9.17, 15) is 14.0 Å². The summed E-state index contributed by atoms with van der Waals surface area (Å²) in [6.07, 6.45) is 2.41. The number of anilines is 2. The van der Waals surface area contributed by atoms with Crippen LogP contribution in [0.1, 0.15) is 38.1 Å². The Hall–Kier alpha value is -3.41. The summed E-state index contributed by atoms with van der Waals surface area (Å²) in [5.41, 5.74) is 0.162. The molecule has 0 aliphatic rings. The van der Waals surface area contributed by atoms with Gasteiger partial charge in [-0.3, -0.25) is 0 Å². The number of amides is 1. The number of rotatable bonds is 8. The highest BCUT2D eigenvalue weighted by Gasteiger charge is 2.18. The number of benzene rings is 1. The van der Waals surface area contributed by atoms with Crippen molar-refractivity contribution < 1.29 is 28.2 Å². The van der Waals surface area contributed by atoms with Crippen LogP contribution in [0.3, 0.4) is 0 Å². The Kier molecular flexibility index (Phi) is 7.92. The summed E-state index contributed by atoms with van der Waals surface area (Å²) in [6, 6.07) is 4.12. The van der Waals surface area contributed by atoms with Crippen LogP contribution in [-0.2, 0) is 9.47 Å². The minimum Gasteiger partial charge on any atom is -0.488 e. The van der Waals surface area contributed by atoms with Crippen LogP contribution in [0.2, 0.25) is 0 Å². The van der Waals surface area contributed by atoms with Gasteiger partial charge < -0.3 is 24.8 Å². The van der Waals surface area contributed by atoms with Crippen molar-refractivity contribution in [2.75, 3.05) is 25.1 Å². The zero-order valence-electron chi connectivity index (χ0n) is 19.1. The normalized spacial score (nSPS) is 11.2.